The average molecular weight is 393 g/mol. The number of ketones is 1. The zero-order chi connectivity index (χ0) is 19.8. The molecule has 1 aromatic carbocycles. The van der Waals surface area contributed by atoms with Crippen LogP contribution in [0.1, 0.15) is 12.8 Å². The number of hydrogen-bond acceptors (Lipinski definition) is 6. The number of likely N-dealkylation sites (tertiary alicyclic amines) is 1. The molecule has 3 fully saturated rings. The monoisotopic (exact) mass is 393 g/mol. The fourth-order valence-corrected chi connectivity index (χ4v) is 4.77. The number of pyridine rings is 1. The lowest BCUT2D eigenvalue weighted by atomic mass is 10.1. The van der Waals surface area contributed by atoms with E-state index in [4.69, 9.17) is 4.98 Å². The first-order valence-corrected chi connectivity index (χ1v) is 10.6. The second kappa shape index (κ2) is 7.72. The molecule has 3 saturated heterocycles. The van der Waals surface area contributed by atoms with Gasteiger partial charge in [-0.2, -0.15) is 0 Å². The summed E-state index contributed by atoms with van der Waals surface area (Å²) in [5.74, 6) is 1.31. The maximum atomic E-state index is 12.6. The topological polar surface area (TPSA) is 68.8 Å². The molecule has 0 aliphatic carbocycles. The largest absolute Gasteiger partial charge is 0.354 e. The molecule has 1 aromatic heterocycles. The van der Waals surface area contributed by atoms with Gasteiger partial charge in [-0.15, -0.1) is 0 Å². The first-order chi connectivity index (χ1) is 14.2. The van der Waals surface area contributed by atoms with Crippen LogP contribution in [0.25, 0.3) is 10.9 Å². The Balaban J connectivity index is 1.16. The number of Topliss-reactive ketones (excluding diaryl/α,β-unsaturated/α-hetero) is 1. The van der Waals surface area contributed by atoms with Gasteiger partial charge in [0.1, 0.15) is 5.82 Å². The highest BCUT2D eigenvalue weighted by atomic mass is 16.2. The normalized spacial score (nSPS) is 25.9. The molecule has 0 radical (unpaired) electrons. The third kappa shape index (κ3) is 3.72. The van der Waals surface area contributed by atoms with Crippen LogP contribution in [0.5, 0.6) is 0 Å². The predicted molar refractivity (Wildman–Crippen MR) is 112 cm³/mol. The summed E-state index contributed by atoms with van der Waals surface area (Å²) in [4.78, 5) is 35.5. The molecule has 3 aliphatic heterocycles. The molecule has 7 heteroatoms. The number of hydrogen-bond donors (Lipinski definition) is 1. The van der Waals surface area contributed by atoms with Gasteiger partial charge in [0.25, 0.3) is 0 Å². The van der Waals surface area contributed by atoms with Crippen molar-refractivity contribution in [2.45, 2.75) is 24.9 Å². The summed E-state index contributed by atoms with van der Waals surface area (Å²) in [6.07, 6.45) is 1.34. The number of carbonyl (C=O) groups excluding carboxylic acids is 2. The van der Waals surface area contributed by atoms with Crippen LogP contribution in [0, 0.1) is 0 Å². The van der Waals surface area contributed by atoms with Crippen molar-refractivity contribution in [1.82, 2.24) is 20.1 Å². The Morgan fingerprint density at radius 3 is 2.66 bits per heavy atom. The Labute approximate surface area is 170 Å². The number of anilines is 1. The van der Waals surface area contributed by atoms with Gasteiger partial charge in [-0.1, -0.05) is 18.2 Å². The molecular weight excluding hydrogens is 366 g/mol. The number of amides is 1. The summed E-state index contributed by atoms with van der Waals surface area (Å²) >= 11 is 0. The van der Waals surface area contributed by atoms with Gasteiger partial charge < -0.3 is 15.1 Å². The minimum absolute atomic E-state index is 0.0948. The highest BCUT2D eigenvalue weighted by molar-refractivity contribution is 5.91. The van der Waals surface area contributed by atoms with Crippen LogP contribution < -0.4 is 10.2 Å². The average Bonchev–Trinajstić information content (AvgIpc) is 3.43. The van der Waals surface area contributed by atoms with Crippen LogP contribution in [0.2, 0.25) is 0 Å². The van der Waals surface area contributed by atoms with E-state index in [2.05, 4.69) is 39.4 Å². The van der Waals surface area contributed by atoms with E-state index in [9.17, 15) is 9.59 Å². The summed E-state index contributed by atoms with van der Waals surface area (Å²) in [5, 5.41) is 4.56. The first-order valence-electron chi connectivity index (χ1n) is 10.6. The quantitative estimate of drug-likeness (QED) is 0.835. The van der Waals surface area contributed by atoms with Crippen molar-refractivity contribution in [3.05, 3.63) is 36.4 Å². The Hall–Kier alpha value is -2.51. The smallest absolute Gasteiger partial charge is 0.240 e. The van der Waals surface area contributed by atoms with Crippen LogP contribution in [0.4, 0.5) is 5.82 Å². The molecule has 7 nitrogen and oxygen atoms in total. The predicted octanol–water partition coefficient (Wildman–Crippen LogP) is 0.889. The van der Waals surface area contributed by atoms with E-state index >= 15 is 0 Å². The zero-order valence-electron chi connectivity index (χ0n) is 16.6. The SMILES string of the molecule is O=C1CCN(C(=O)[C@@H]2C[C@H](N3CCN(c4ccc5ccccc5n4)CC3)CN2)C1. The van der Waals surface area contributed by atoms with E-state index in [-0.39, 0.29) is 17.7 Å². The van der Waals surface area contributed by atoms with Crippen LogP contribution in [-0.2, 0) is 9.59 Å². The van der Waals surface area contributed by atoms with Crippen molar-refractivity contribution in [1.29, 1.82) is 0 Å². The van der Waals surface area contributed by atoms with E-state index < -0.39 is 0 Å². The zero-order valence-corrected chi connectivity index (χ0v) is 16.6. The Morgan fingerprint density at radius 1 is 1.03 bits per heavy atom. The van der Waals surface area contributed by atoms with Gasteiger partial charge in [0, 0.05) is 57.1 Å². The highest BCUT2D eigenvalue weighted by Crippen LogP contribution is 2.22. The maximum Gasteiger partial charge on any atom is 0.240 e. The van der Waals surface area contributed by atoms with Crippen LogP contribution in [0.3, 0.4) is 0 Å². The van der Waals surface area contributed by atoms with Crippen LogP contribution >= 0.6 is 0 Å². The number of nitrogens with zero attached hydrogens (tertiary/aromatic N) is 4. The van der Waals surface area contributed by atoms with Crippen molar-refractivity contribution in [2.75, 3.05) is 50.7 Å². The second-order valence-corrected chi connectivity index (χ2v) is 8.28. The molecule has 0 unspecified atom stereocenters. The Morgan fingerprint density at radius 2 is 1.86 bits per heavy atom. The number of fused-ring (bicyclic) bond motifs is 1. The number of carbonyl (C=O) groups is 2. The van der Waals surface area contributed by atoms with Crippen LogP contribution in [0.15, 0.2) is 36.4 Å². The third-order valence-corrected chi connectivity index (χ3v) is 6.48. The Kier molecular flexibility index (Phi) is 4.93. The molecule has 2 atom stereocenters. The lowest BCUT2D eigenvalue weighted by Gasteiger charge is -2.38. The molecule has 2 aromatic rings. The molecule has 152 valence electrons. The van der Waals surface area contributed by atoms with Gasteiger partial charge in [0.2, 0.25) is 5.91 Å². The standard InChI is InChI=1S/C22H27N5O2/c28-18-7-8-27(15-18)22(29)20-13-17(14-23-20)25-9-11-26(12-10-25)21-6-5-16-3-1-2-4-19(16)24-21/h1-6,17,20,23H,7-15H2/t17-,20-/m0/s1. The molecule has 1 N–H and O–H groups in total. The van der Waals surface area contributed by atoms with Gasteiger partial charge in [-0.05, 0) is 24.6 Å². The maximum absolute atomic E-state index is 12.6. The van der Waals surface area contributed by atoms with Crippen molar-refractivity contribution < 1.29 is 9.59 Å². The molecular formula is C22H27N5O2. The van der Waals surface area contributed by atoms with Gasteiger partial charge in [0.05, 0.1) is 18.1 Å². The van der Waals surface area contributed by atoms with Crippen molar-refractivity contribution in [3.63, 3.8) is 0 Å². The number of para-hydroxylation sites is 1. The van der Waals surface area contributed by atoms with Crippen molar-refractivity contribution in [3.8, 4) is 0 Å². The minimum Gasteiger partial charge on any atom is -0.354 e. The highest BCUT2D eigenvalue weighted by Gasteiger charge is 2.37. The number of benzene rings is 1. The first kappa shape index (κ1) is 18.5. The summed E-state index contributed by atoms with van der Waals surface area (Å²) in [6.45, 7) is 5.56. The number of rotatable bonds is 3. The molecule has 4 heterocycles. The van der Waals surface area contributed by atoms with Gasteiger partial charge in [-0.3, -0.25) is 14.5 Å². The van der Waals surface area contributed by atoms with Gasteiger partial charge in [-0.25, -0.2) is 4.98 Å². The third-order valence-electron chi connectivity index (χ3n) is 6.48. The summed E-state index contributed by atoms with van der Waals surface area (Å²) in [7, 11) is 0. The second-order valence-electron chi connectivity index (χ2n) is 8.28. The van der Waals surface area contributed by atoms with E-state index in [1.165, 1.54) is 5.39 Å². The van der Waals surface area contributed by atoms with Crippen molar-refractivity contribution >= 4 is 28.4 Å². The fourth-order valence-electron chi connectivity index (χ4n) is 4.77. The lowest BCUT2D eigenvalue weighted by Crippen LogP contribution is -2.51. The Bertz CT molecular complexity index is 924. The van der Waals surface area contributed by atoms with E-state index in [0.29, 0.717) is 25.6 Å². The fraction of sp³-hybridized carbons (Fsp3) is 0.500. The summed E-state index contributed by atoms with van der Waals surface area (Å²) in [5.41, 5.74) is 1.04. The lowest BCUT2D eigenvalue weighted by molar-refractivity contribution is -0.133. The van der Waals surface area contributed by atoms with Crippen LogP contribution in [-0.4, -0.2) is 84.4 Å². The molecule has 5 rings (SSSR count). The van der Waals surface area contributed by atoms with Gasteiger partial charge >= 0.3 is 0 Å². The summed E-state index contributed by atoms with van der Waals surface area (Å²) in [6, 6.07) is 12.7. The number of nitrogens with one attached hydrogen (secondary N) is 1. The van der Waals surface area contributed by atoms with Gasteiger partial charge in [0.15, 0.2) is 5.78 Å². The molecule has 29 heavy (non-hydrogen) atoms. The minimum atomic E-state index is -0.147. The molecule has 0 bridgehead atoms. The number of aromatic nitrogens is 1. The molecule has 1 amide bonds. The molecule has 0 spiro atoms. The van der Waals surface area contributed by atoms with E-state index in [0.717, 1.165) is 50.5 Å². The molecule has 0 saturated carbocycles. The summed E-state index contributed by atoms with van der Waals surface area (Å²) < 4.78 is 0. The number of piperazine rings is 1. The van der Waals surface area contributed by atoms with E-state index in [1.54, 1.807) is 4.90 Å². The van der Waals surface area contributed by atoms with Crippen molar-refractivity contribution in [2.24, 2.45) is 0 Å². The van der Waals surface area contributed by atoms with E-state index in [1.807, 2.05) is 12.1 Å². The molecule has 3 aliphatic rings.